The number of rotatable bonds is 7. The zero-order valence-corrected chi connectivity index (χ0v) is 11.9. The Morgan fingerprint density at radius 3 is 2.50 bits per heavy atom. The maximum absolute atomic E-state index is 11.3. The summed E-state index contributed by atoms with van der Waals surface area (Å²) in [5.74, 6) is -0.0525. The quantitative estimate of drug-likeness (QED) is 0.716. The topological polar surface area (TPSA) is 87.9 Å². The molecular formula is C11H23NO5S. The van der Waals surface area contributed by atoms with E-state index in [0.29, 0.717) is 39.3 Å². The molecule has 18 heavy (non-hydrogen) atoms. The summed E-state index contributed by atoms with van der Waals surface area (Å²) >= 11 is 0. The van der Waals surface area contributed by atoms with Gasteiger partial charge in [0.25, 0.3) is 0 Å². The molecule has 6 nitrogen and oxygen atoms in total. The SMILES string of the molecule is COCC(C)OCC1(CS(N)(=O)=O)CCOCC1. The van der Waals surface area contributed by atoms with E-state index in [4.69, 9.17) is 19.3 Å². The molecule has 0 aromatic heterocycles. The number of sulfonamides is 1. The van der Waals surface area contributed by atoms with Crippen LogP contribution in [0.1, 0.15) is 19.8 Å². The predicted octanol–water partition coefficient (Wildman–Crippen LogP) is 0.123. The summed E-state index contributed by atoms with van der Waals surface area (Å²) in [4.78, 5) is 0. The molecular weight excluding hydrogens is 258 g/mol. The maximum atomic E-state index is 11.3. The van der Waals surface area contributed by atoms with Gasteiger partial charge >= 0.3 is 0 Å². The second-order valence-electron chi connectivity index (χ2n) is 5.00. The van der Waals surface area contributed by atoms with E-state index >= 15 is 0 Å². The van der Waals surface area contributed by atoms with Gasteiger partial charge in [-0.15, -0.1) is 0 Å². The monoisotopic (exact) mass is 281 g/mol. The van der Waals surface area contributed by atoms with Crippen LogP contribution in [0.2, 0.25) is 0 Å². The summed E-state index contributed by atoms with van der Waals surface area (Å²) in [6, 6.07) is 0. The first-order chi connectivity index (χ1) is 8.37. The molecule has 0 saturated carbocycles. The first-order valence-electron chi connectivity index (χ1n) is 6.06. The fourth-order valence-electron chi connectivity index (χ4n) is 2.16. The van der Waals surface area contributed by atoms with Crippen molar-refractivity contribution >= 4 is 10.0 Å². The van der Waals surface area contributed by atoms with Crippen molar-refractivity contribution in [2.75, 3.05) is 39.3 Å². The Labute approximate surface area is 109 Å². The molecule has 7 heteroatoms. The Bertz CT molecular complexity index is 337. The van der Waals surface area contributed by atoms with E-state index in [9.17, 15) is 8.42 Å². The molecule has 0 bridgehead atoms. The summed E-state index contributed by atoms with van der Waals surface area (Å²) in [5.41, 5.74) is -0.423. The maximum Gasteiger partial charge on any atom is 0.209 e. The first kappa shape index (κ1) is 15.8. The minimum atomic E-state index is -3.51. The number of nitrogens with two attached hydrogens (primary N) is 1. The Balaban J connectivity index is 2.60. The third kappa shape index (κ3) is 5.62. The minimum absolute atomic E-state index is 0.0525. The van der Waals surface area contributed by atoms with Crippen LogP contribution in [-0.4, -0.2) is 53.8 Å². The molecule has 1 atom stereocenters. The number of methoxy groups -OCH3 is 1. The van der Waals surface area contributed by atoms with Gasteiger partial charge in [-0.25, -0.2) is 13.6 Å². The van der Waals surface area contributed by atoms with Gasteiger partial charge in [-0.2, -0.15) is 0 Å². The minimum Gasteiger partial charge on any atom is -0.382 e. The van der Waals surface area contributed by atoms with Gasteiger partial charge in [-0.3, -0.25) is 0 Å². The molecule has 0 aromatic rings. The van der Waals surface area contributed by atoms with E-state index in [1.165, 1.54) is 0 Å². The molecule has 1 heterocycles. The Morgan fingerprint density at radius 1 is 1.39 bits per heavy atom. The van der Waals surface area contributed by atoms with E-state index in [1.54, 1.807) is 7.11 Å². The number of ether oxygens (including phenoxy) is 3. The molecule has 0 spiro atoms. The van der Waals surface area contributed by atoms with Gasteiger partial charge in [0, 0.05) is 25.7 Å². The van der Waals surface area contributed by atoms with Crippen molar-refractivity contribution in [2.24, 2.45) is 10.6 Å². The summed E-state index contributed by atoms with van der Waals surface area (Å²) < 4.78 is 38.6. The Morgan fingerprint density at radius 2 is 2.00 bits per heavy atom. The van der Waals surface area contributed by atoms with Gasteiger partial charge in [0.1, 0.15) is 0 Å². The normalized spacial score (nSPS) is 21.7. The molecule has 0 radical (unpaired) electrons. The summed E-state index contributed by atoms with van der Waals surface area (Å²) in [6.07, 6.45) is 1.25. The highest BCUT2D eigenvalue weighted by atomic mass is 32.2. The van der Waals surface area contributed by atoms with Crippen molar-refractivity contribution < 1.29 is 22.6 Å². The van der Waals surface area contributed by atoms with Gasteiger partial charge in [-0.1, -0.05) is 0 Å². The molecule has 1 rings (SSSR count). The van der Waals surface area contributed by atoms with Gasteiger partial charge in [0.2, 0.25) is 10.0 Å². The van der Waals surface area contributed by atoms with Gasteiger partial charge in [0.15, 0.2) is 0 Å². The zero-order valence-electron chi connectivity index (χ0n) is 11.1. The number of primary sulfonamides is 1. The van der Waals surface area contributed by atoms with E-state index in [0.717, 1.165) is 0 Å². The lowest BCUT2D eigenvalue weighted by Gasteiger charge is -2.36. The van der Waals surface area contributed by atoms with Crippen molar-refractivity contribution in [3.8, 4) is 0 Å². The van der Waals surface area contributed by atoms with Crippen LogP contribution in [0.25, 0.3) is 0 Å². The number of hydrogen-bond donors (Lipinski definition) is 1. The summed E-state index contributed by atoms with van der Waals surface area (Å²) in [5, 5.41) is 5.17. The van der Waals surface area contributed by atoms with Crippen LogP contribution in [0.4, 0.5) is 0 Å². The fraction of sp³-hybridized carbons (Fsp3) is 1.00. The summed E-state index contributed by atoms with van der Waals surface area (Å²) in [6.45, 7) is 3.86. The first-order valence-corrected chi connectivity index (χ1v) is 7.77. The molecule has 0 amide bonds. The van der Waals surface area contributed by atoms with Crippen molar-refractivity contribution in [3.63, 3.8) is 0 Å². The molecule has 108 valence electrons. The molecule has 1 aliphatic heterocycles. The van der Waals surface area contributed by atoms with Crippen molar-refractivity contribution in [2.45, 2.75) is 25.9 Å². The smallest absolute Gasteiger partial charge is 0.209 e. The highest BCUT2D eigenvalue weighted by Gasteiger charge is 2.37. The molecule has 1 unspecified atom stereocenters. The molecule has 0 aromatic carbocycles. The van der Waals surface area contributed by atoms with Crippen LogP contribution in [-0.2, 0) is 24.2 Å². The number of hydrogen-bond acceptors (Lipinski definition) is 5. The average Bonchev–Trinajstić information content (AvgIpc) is 2.26. The second kappa shape index (κ2) is 6.81. The van der Waals surface area contributed by atoms with Crippen LogP contribution in [0.15, 0.2) is 0 Å². The van der Waals surface area contributed by atoms with Crippen LogP contribution in [0.5, 0.6) is 0 Å². The highest BCUT2D eigenvalue weighted by molar-refractivity contribution is 7.89. The standard InChI is InChI=1S/C11H23NO5S/c1-10(7-15-2)17-8-11(9-18(12,13)14)3-5-16-6-4-11/h10H,3-9H2,1-2H3,(H2,12,13,14). The lowest BCUT2D eigenvalue weighted by Crippen LogP contribution is -2.42. The summed E-state index contributed by atoms with van der Waals surface area (Å²) in [7, 11) is -1.90. The average molecular weight is 281 g/mol. The van der Waals surface area contributed by atoms with Crippen molar-refractivity contribution in [1.82, 2.24) is 0 Å². The van der Waals surface area contributed by atoms with Gasteiger partial charge in [0.05, 0.1) is 25.1 Å². The lowest BCUT2D eigenvalue weighted by molar-refractivity contribution is -0.0645. The largest absolute Gasteiger partial charge is 0.382 e. The molecule has 2 N–H and O–H groups in total. The van der Waals surface area contributed by atoms with Gasteiger partial charge in [-0.05, 0) is 19.8 Å². The fourth-order valence-corrected chi connectivity index (χ4v) is 3.39. The Hall–Kier alpha value is -0.210. The van der Waals surface area contributed by atoms with E-state index in [2.05, 4.69) is 0 Å². The van der Waals surface area contributed by atoms with Crippen LogP contribution in [0.3, 0.4) is 0 Å². The van der Waals surface area contributed by atoms with Crippen LogP contribution < -0.4 is 5.14 Å². The van der Waals surface area contributed by atoms with Crippen molar-refractivity contribution in [3.05, 3.63) is 0 Å². The third-order valence-corrected chi connectivity index (χ3v) is 4.15. The van der Waals surface area contributed by atoms with Crippen molar-refractivity contribution in [1.29, 1.82) is 0 Å². The van der Waals surface area contributed by atoms with E-state index in [-0.39, 0.29) is 11.9 Å². The molecule has 0 aliphatic carbocycles. The van der Waals surface area contributed by atoms with Crippen LogP contribution in [0, 0.1) is 5.41 Å². The second-order valence-corrected chi connectivity index (χ2v) is 6.61. The molecule has 1 saturated heterocycles. The van der Waals surface area contributed by atoms with E-state index in [1.807, 2.05) is 6.92 Å². The predicted molar refractivity (Wildman–Crippen MR) is 67.8 cm³/mol. The Kier molecular flexibility index (Phi) is 6.00. The van der Waals surface area contributed by atoms with E-state index < -0.39 is 15.4 Å². The molecule has 1 aliphatic rings. The highest BCUT2D eigenvalue weighted by Crippen LogP contribution is 2.32. The van der Waals surface area contributed by atoms with Gasteiger partial charge < -0.3 is 14.2 Å². The molecule has 1 fully saturated rings. The lowest BCUT2D eigenvalue weighted by atomic mass is 9.83. The third-order valence-electron chi connectivity index (χ3n) is 3.14. The van der Waals surface area contributed by atoms with Crippen LogP contribution >= 0.6 is 0 Å². The zero-order chi connectivity index (χ0) is 13.6.